The van der Waals surface area contributed by atoms with Crippen molar-refractivity contribution in [2.45, 2.75) is 18.7 Å². The molecule has 31 heavy (non-hydrogen) atoms. The molecule has 5 nitrogen and oxygen atoms in total. The van der Waals surface area contributed by atoms with Crippen molar-refractivity contribution in [2.75, 3.05) is 11.8 Å². The van der Waals surface area contributed by atoms with Gasteiger partial charge in [-0.1, -0.05) is 42.5 Å². The summed E-state index contributed by atoms with van der Waals surface area (Å²) in [5.41, 5.74) is 4.75. The number of nitrogens with one attached hydrogen (secondary N) is 1. The van der Waals surface area contributed by atoms with E-state index in [9.17, 15) is 8.42 Å². The van der Waals surface area contributed by atoms with Crippen molar-refractivity contribution in [3.63, 3.8) is 0 Å². The van der Waals surface area contributed by atoms with Crippen LogP contribution in [0.15, 0.2) is 77.0 Å². The maximum atomic E-state index is 12.9. The lowest BCUT2D eigenvalue weighted by Crippen LogP contribution is -2.14. The standard InChI is InChI=1S/C24H22N2O3S2/c1-16-14-23(17(2)13-22(16)29-3)31(27,28)26-20-11-9-18(10-12-20)21-15-30-24(25-21)19-7-5-4-6-8-19/h4-15,26H,1-3H3. The van der Waals surface area contributed by atoms with E-state index in [2.05, 4.69) is 4.72 Å². The second-order valence-electron chi connectivity index (χ2n) is 7.17. The Morgan fingerprint density at radius 3 is 2.29 bits per heavy atom. The Morgan fingerprint density at radius 2 is 1.61 bits per heavy atom. The third-order valence-corrected chi connectivity index (χ3v) is 7.35. The molecule has 0 bridgehead atoms. The largest absolute Gasteiger partial charge is 0.496 e. The Balaban J connectivity index is 1.55. The monoisotopic (exact) mass is 450 g/mol. The fourth-order valence-corrected chi connectivity index (χ4v) is 5.52. The molecule has 0 aliphatic carbocycles. The molecule has 3 aromatic carbocycles. The summed E-state index contributed by atoms with van der Waals surface area (Å²) in [7, 11) is -2.15. The lowest BCUT2D eigenvalue weighted by Gasteiger charge is -2.13. The third-order valence-electron chi connectivity index (χ3n) is 4.94. The highest BCUT2D eigenvalue weighted by atomic mass is 32.2. The summed E-state index contributed by atoms with van der Waals surface area (Å²) in [5, 5.41) is 2.95. The van der Waals surface area contributed by atoms with Crippen LogP contribution in [0.2, 0.25) is 0 Å². The minimum atomic E-state index is -3.72. The number of anilines is 1. The summed E-state index contributed by atoms with van der Waals surface area (Å²) in [6.07, 6.45) is 0. The lowest BCUT2D eigenvalue weighted by molar-refractivity contribution is 0.411. The highest BCUT2D eigenvalue weighted by Gasteiger charge is 2.19. The topological polar surface area (TPSA) is 68.3 Å². The molecule has 158 valence electrons. The van der Waals surface area contributed by atoms with Gasteiger partial charge in [0.1, 0.15) is 10.8 Å². The van der Waals surface area contributed by atoms with E-state index in [-0.39, 0.29) is 4.90 Å². The predicted molar refractivity (Wildman–Crippen MR) is 126 cm³/mol. The molecule has 0 saturated heterocycles. The average molecular weight is 451 g/mol. The fraction of sp³-hybridized carbons (Fsp3) is 0.125. The van der Waals surface area contributed by atoms with Crippen molar-refractivity contribution in [3.05, 3.63) is 83.2 Å². The van der Waals surface area contributed by atoms with E-state index in [1.165, 1.54) is 0 Å². The number of benzene rings is 3. The molecule has 0 saturated carbocycles. The Hall–Kier alpha value is -3.16. The van der Waals surface area contributed by atoms with Gasteiger partial charge in [0, 0.05) is 22.2 Å². The van der Waals surface area contributed by atoms with E-state index >= 15 is 0 Å². The van der Waals surface area contributed by atoms with Crippen LogP contribution in [-0.4, -0.2) is 20.5 Å². The summed E-state index contributed by atoms with van der Waals surface area (Å²) in [6.45, 7) is 3.58. The molecule has 1 aromatic heterocycles. The van der Waals surface area contributed by atoms with Gasteiger partial charge in [-0.05, 0) is 49.2 Å². The van der Waals surface area contributed by atoms with E-state index in [1.807, 2.05) is 54.8 Å². The second kappa shape index (κ2) is 8.53. The van der Waals surface area contributed by atoms with Crippen molar-refractivity contribution < 1.29 is 13.2 Å². The molecule has 4 aromatic rings. The summed E-state index contributed by atoms with van der Waals surface area (Å²) < 4.78 is 33.8. The number of sulfonamides is 1. The normalized spacial score (nSPS) is 11.3. The first-order valence-electron chi connectivity index (χ1n) is 9.67. The van der Waals surface area contributed by atoms with Crippen molar-refractivity contribution in [2.24, 2.45) is 0 Å². The van der Waals surface area contributed by atoms with Crippen LogP contribution in [0, 0.1) is 13.8 Å². The Morgan fingerprint density at radius 1 is 0.903 bits per heavy atom. The van der Waals surface area contributed by atoms with Gasteiger partial charge < -0.3 is 4.74 Å². The number of methoxy groups -OCH3 is 1. The van der Waals surface area contributed by atoms with E-state index in [1.54, 1.807) is 49.6 Å². The molecule has 0 atom stereocenters. The van der Waals surface area contributed by atoms with E-state index in [0.717, 1.165) is 27.4 Å². The highest BCUT2D eigenvalue weighted by Crippen LogP contribution is 2.30. The van der Waals surface area contributed by atoms with Crippen molar-refractivity contribution in [1.29, 1.82) is 0 Å². The quantitative estimate of drug-likeness (QED) is 0.397. The molecule has 0 aliphatic rings. The van der Waals surface area contributed by atoms with Gasteiger partial charge in [-0.25, -0.2) is 13.4 Å². The molecule has 0 aliphatic heterocycles. The zero-order valence-electron chi connectivity index (χ0n) is 17.4. The van der Waals surface area contributed by atoms with Crippen LogP contribution in [0.4, 0.5) is 5.69 Å². The number of hydrogen-bond acceptors (Lipinski definition) is 5. The second-order valence-corrected chi connectivity index (χ2v) is 9.68. The zero-order valence-corrected chi connectivity index (χ0v) is 19.0. The van der Waals surface area contributed by atoms with E-state index in [0.29, 0.717) is 17.0 Å². The van der Waals surface area contributed by atoms with Crippen molar-refractivity contribution in [3.8, 4) is 27.6 Å². The lowest BCUT2D eigenvalue weighted by atomic mass is 10.1. The van der Waals surface area contributed by atoms with Crippen LogP contribution in [-0.2, 0) is 10.0 Å². The minimum absolute atomic E-state index is 0.238. The summed E-state index contributed by atoms with van der Waals surface area (Å²) in [5.74, 6) is 0.666. The van der Waals surface area contributed by atoms with Gasteiger partial charge in [0.05, 0.1) is 17.7 Å². The van der Waals surface area contributed by atoms with Crippen LogP contribution in [0.5, 0.6) is 5.75 Å². The molecule has 0 fully saturated rings. The molecule has 4 rings (SSSR count). The van der Waals surface area contributed by atoms with Gasteiger partial charge in [-0.2, -0.15) is 0 Å². The number of nitrogens with zero attached hydrogens (tertiary/aromatic N) is 1. The molecule has 0 unspecified atom stereocenters. The zero-order chi connectivity index (χ0) is 22.0. The number of thiazole rings is 1. The van der Waals surface area contributed by atoms with Crippen LogP contribution in [0.1, 0.15) is 11.1 Å². The Bertz CT molecular complexity index is 1310. The first kappa shape index (κ1) is 21.1. The van der Waals surface area contributed by atoms with Crippen LogP contribution in [0.25, 0.3) is 21.8 Å². The van der Waals surface area contributed by atoms with Gasteiger partial charge in [0.2, 0.25) is 0 Å². The Kier molecular flexibility index (Phi) is 5.80. The number of rotatable bonds is 6. The van der Waals surface area contributed by atoms with Gasteiger partial charge in [0.15, 0.2) is 0 Å². The molecule has 0 spiro atoms. The SMILES string of the molecule is COc1cc(C)c(S(=O)(=O)Nc2ccc(-c3csc(-c4ccccc4)n3)cc2)cc1C. The first-order valence-corrected chi connectivity index (χ1v) is 12.0. The Labute approximate surface area is 186 Å². The molecule has 7 heteroatoms. The average Bonchev–Trinajstić information content (AvgIpc) is 3.26. The molecule has 1 N–H and O–H groups in total. The van der Waals surface area contributed by atoms with Crippen LogP contribution < -0.4 is 9.46 Å². The minimum Gasteiger partial charge on any atom is -0.496 e. The molecular weight excluding hydrogens is 428 g/mol. The molecule has 1 heterocycles. The van der Waals surface area contributed by atoms with Crippen molar-refractivity contribution >= 4 is 27.0 Å². The summed E-state index contributed by atoms with van der Waals surface area (Å²) >= 11 is 1.58. The number of aromatic nitrogens is 1. The van der Waals surface area contributed by atoms with Gasteiger partial charge in [-0.15, -0.1) is 11.3 Å². The van der Waals surface area contributed by atoms with Gasteiger partial charge in [0.25, 0.3) is 10.0 Å². The van der Waals surface area contributed by atoms with E-state index in [4.69, 9.17) is 9.72 Å². The number of aryl methyl sites for hydroxylation is 2. The number of hydrogen-bond donors (Lipinski definition) is 1. The van der Waals surface area contributed by atoms with Crippen LogP contribution >= 0.6 is 11.3 Å². The third kappa shape index (κ3) is 4.47. The maximum absolute atomic E-state index is 12.9. The molecule has 0 amide bonds. The fourth-order valence-electron chi connectivity index (χ4n) is 3.31. The maximum Gasteiger partial charge on any atom is 0.262 e. The highest BCUT2D eigenvalue weighted by molar-refractivity contribution is 7.92. The van der Waals surface area contributed by atoms with Gasteiger partial charge >= 0.3 is 0 Å². The molecular formula is C24H22N2O3S2. The smallest absolute Gasteiger partial charge is 0.262 e. The predicted octanol–water partition coefficient (Wildman–Crippen LogP) is 5.90. The summed E-state index contributed by atoms with van der Waals surface area (Å²) in [6, 6.07) is 20.6. The van der Waals surface area contributed by atoms with E-state index < -0.39 is 10.0 Å². The first-order chi connectivity index (χ1) is 14.9. The summed E-state index contributed by atoms with van der Waals surface area (Å²) in [4.78, 5) is 4.95. The molecule has 0 radical (unpaired) electrons. The van der Waals surface area contributed by atoms with Crippen molar-refractivity contribution in [1.82, 2.24) is 4.98 Å². The number of ether oxygens (including phenoxy) is 1. The van der Waals surface area contributed by atoms with Crippen LogP contribution in [0.3, 0.4) is 0 Å². The van der Waals surface area contributed by atoms with Gasteiger partial charge in [-0.3, -0.25) is 4.72 Å².